The highest BCUT2D eigenvalue weighted by Gasteiger charge is 2.44. The third-order valence-corrected chi connectivity index (χ3v) is 12.3. The van der Waals surface area contributed by atoms with Crippen LogP contribution in [-0.4, -0.2) is 132 Å². The Kier molecular flexibility index (Phi) is 16.4. The summed E-state index contributed by atoms with van der Waals surface area (Å²) in [5.74, 6) is -8.30. The summed E-state index contributed by atoms with van der Waals surface area (Å²) >= 11 is 0. The monoisotopic (exact) mass is 917 g/mol. The maximum absolute atomic E-state index is 14.6. The Morgan fingerprint density at radius 3 is 2.23 bits per heavy atom. The largest absolute Gasteiger partial charge is 0.461 e. The molecular weight excluding hydrogens is 865 g/mol. The predicted molar refractivity (Wildman–Crippen MR) is 230 cm³/mol. The van der Waals surface area contributed by atoms with Crippen molar-refractivity contribution in [2.45, 2.75) is 107 Å². The summed E-state index contributed by atoms with van der Waals surface area (Å²) < 4.78 is 39.8. The molecule has 2 aromatic rings. The molecular formula is C45H53F2N9O10. The Balaban J connectivity index is 1.29. The van der Waals surface area contributed by atoms with Crippen molar-refractivity contribution in [3.8, 4) is 0 Å². The maximum atomic E-state index is 14.6. The zero-order valence-electron chi connectivity index (χ0n) is 36.7. The van der Waals surface area contributed by atoms with Gasteiger partial charge >= 0.3 is 11.9 Å². The van der Waals surface area contributed by atoms with Gasteiger partial charge < -0.3 is 40.1 Å². The second-order valence-electron chi connectivity index (χ2n) is 16.9. The third-order valence-electron chi connectivity index (χ3n) is 12.3. The molecule has 2 aromatic carbocycles. The molecule has 0 bridgehead atoms. The Morgan fingerprint density at radius 2 is 1.56 bits per heavy atom. The van der Waals surface area contributed by atoms with Crippen LogP contribution in [0.2, 0.25) is 0 Å². The van der Waals surface area contributed by atoms with E-state index >= 15 is 0 Å². The summed E-state index contributed by atoms with van der Waals surface area (Å²) in [6.07, 6.45) is 8.48. The smallest absolute Gasteiger partial charge is 0.338 e. The molecule has 6 amide bonds. The molecule has 3 saturated heterocycles. The molecule has 3 N–H and O–H groups in total. The number of fused-ring (bicyclic) bond motifs is 2. The fourth-order valence-corrected chi connectivity index (χ4v) is 8.74. The van der Waals surface area contributed by atoms with E-state index in [-0.39, 0.29) is 48.7 Å². The average Bonchev–Trinajstić information content (AvgIpc) is 4.00. The lowest BCUT2D eigenvalue weighted by atomic mass is 9.89. The fraction of sp³-hybridized carbons (Fsp3) is 0.511. The number of carbonyl (C=O) groups is 8. The van der Waals surface area contributed by atoms with Crippen molar-refractivity contribution in [2.24, 2.45) is 11.0 Å². The normalized spacial score (nSPS) is 23.9. The highest BCUT2D eigenvalue weighted by molar-refractivity contribution is 5.98. The summed E-state index contributed by atoms with van der Waals surface area (Å²) in [5, 5.41) is 11.2. The van der Waals surface area contributed by atoms with Crippen molar-refractivity contribution in [3.05, 3.63) is 87.8 Å². The van der Waals surface area contributed by atoms with Crippen molar-refractivity contribution in [2.75, 3.05) is 33.4 Å². The molecule has 1 saturated carbocycles. The zero-order chi connectivity index (χ0) is 47.5. The minimum Gasteiger partial charge on any atom is -0.461 e. The molecule has 1 aliphatic carbocycles. The number of amides is 6. The quantitative estimate of drug-likeness (QED) is 0.0976. The number of nitrogens with one attached hydrogen (secondary N) is 3. The van der Waals surface area contributed by atoms with E-state index in [9.17, 15) is 47.1 Å². The number of allylic oxidation sites excluding steroid dienone is 1. The number of benzene rings is 2. The summed E-state index contributed by atoms with van der Waals surface area (Å²) in [5.41, 5.74) is 8.99. The lowest BCUT2D eigenvalue weighted by Gasteiger charge is -2.35. The molecule has 4 aliphatic rings. The van der Waals surface area contributed by atoms with Crippen LogP contribution in [0.15, 0.2) is 59.7 Å². The van der Waals surface area contributed by atoms with Gasteiger partial charge in [0.05, 0.1) is 5.56 Å². The summed E-state index contributed by atoms with van der Waals surface area (Å²) in [4.78, 5) is 117. The molecule has 0 unspecified atom stereocenters. The van der Waals surface area contributed by atoms with Gasteiger partial charge in [-0.3, -0.25) is 28.8 Å². The van der Waals surface area contributed by atoms with E-state index in [4.69, 9.17) is 15.0 Å². The van der Waals surface area contributed by atoms with Gasteiger partial charge in [0.25, 0.3) is 0 Å². The Hall–Kier alpha value is -6.89. The maximum Gasteiger partial charge on any atom is 0.338 e. The first kappa shape index (κ1) is 48.6. The van der Waals surface area contributed by atoms with Gasteiger partial charge in [-0.05, 0) is 92.8 Å². The van der Waals surface area contributed by atoms with E-state index < -0.39 is 115 Å². The summed E-state index contributed by atoms with van der Waals surface area (Å²) in [6, 6.07) is -0.251. The van der Waals surface area contributed by atoms with Gasteiger partial charge in [0.15, 0.2) is 0 Å². The van der Waals surface area contributed by atoms with Crippen LogP contribution in [-0.2, 0) is 49.5 Å². The minimum atomic E-state index is -1.68. The van der Waals surface area contributed by atoms with E-state index in [1.165, 1.54) is 54.1 Å². The molecule has 6 atom stereocenters. The molecule has 3 aliphatic heterocycles. The van der Waals surface area contributed by atoms with Crippen molar-refractivity contribution < 1.29 is 56.6 Å². The molecule has 66 heavy (non-hydrogen) atoms. The van der Waals surface area contributed by atoms with Gasteiger partial charge in [0.1, 0.15) is 61.1 Å². The first-order chi connectivity index (χ1) is 31.6. The number of hydrogen-bond donors (Lipinski definition) is 3. The fourth-order valence-electron chi connectivity index (χ4n) is 8.74. The van der Waals surface area contributed by atoms with Crippen LogP contribution in [0.4, 0.5) is 14.5 Å². The molecule has 21 heteroatoms. The number of nitrogens with zero attached hydrogens (tertiary/aromatic N) is 6. The van der Waals surface area contributed by atoms with E-state index in [1.54, 1.807) is 6.08 Å². The predicted octanol–water partition coefficient (Wildman–Crippen LogP) is 3.28. The molecule has 0 spiro atoms. The van der Waals surface area contributed by atoms with Gasteiger partial charge in [0, 0.05) is 43.2 Å². The van der Waals surface area contributed by atoms with Crippen LogP contribution in [0.3, 0.4) is 0 Å². The van der Waals surface area contributed by atoms with Crippen LogP contribution in [0.1, 0.15) is 80.6 Å². The zero-order valence-corrected chi connectivity index (χ0v) is 36.7. The van der Waals surface area contributed by atoms with Gasteiger partial charge in [-0.25, -0.2) is 18.4 Å². The first-order valence-corrected chi connectivity index (χ1v) is 22.0. The number of azide groups is 1. The van der Waals surface area contributed by atoms with Crippen LogP contribution >= 0.6 is 0 Å². The van der Waals surface area contributed by atoms with Gasteiger partial charge in [-0.15, -0.1) is 0 Å². The van der Waals surface area contributed by atoms with Gasteiger partial charge in [-0.1, -0.05) is 42.6 Å². The number of rotatable bonds is 11. The van der Waals surface area contributed by atoms with Crippen molar-refractivity contribution >= 4 is 53.1 Å². The Bertz CT molecular complexity index is 2250. The highest BCUT2D eigenvalue weighted by atomic mass is 19.1. The third kappa shape index (κ3) is 12.3. The summed E-state index contributed by atoms with van der Waals surface area (Å²) in [6.45, 7) is 0.0471. The molecule has 0 radical (unpaired) electrons. The van der Waals surface area contributed by atoms with Crippen LogP contribution in [0.5, 0.6) is 0 Å². The van der Waals surface area contributed by atoms with Gasteiger partial charge in [-0.2, -0.15) is 0 Å². The second kappa shape index (κ2) is 22.3. The Morgan fingerprint density at radius 1 is 0.909 bits per heavy atom. The lowest BCUT2D eigenvalue weighted by molar-refractivity contribution is -0.158. The van der Waals surface area contributed by atoms with Crippen molar-refractivity contribution in [1.29, 1.82) is 0 Å². The summed E-state index contributed by atoms with van der Waals surface area (Å²) in [7, 11) is 1.27. The highest BCUT2D eigenvalue weighted by Crippen LogP contribution is 2.26. The molecule has 0 aromatic heterocycles. The first-order valence-electron chi connectivity index (χ1n) is 22.0. The number of halogens is 2. The number of esters is 2. The molecule has 6 rings (SSSR count). The van der Waals surface area contributed by atoms with E-state index in [1.807, 2.05) is 0 Å². The number of likely N-dealkylation sites (N-methyl/N-ethyl adjacent to an activating group) is 1. The average molecular weight is 918 g/mol. The van der Waals surface area contributed by atoms with Crippen LogP contribution in [0, 0.1) is 17.6 Å². The van der Waals surface area contributed by atoms with Crippen LogP contribution in [0.25, 0.3) is 10.4 Å². The number of carbonyl (C=O) groups excluding carboxylic acids is 8. The molecule has 19 nitrogen and oxygen atoms in total. The van der Waals surface area contributed by atoms with Gasteiger partial charge in [0.2, 0.25) is 35.4 Å². The van der Waals surface area contributed by atoms with Crippen molar-refractivity contribution in [1.82, 2.24) is 30.7 Å². The SMILES string of the molecule is C[C@@H]1NC(=O)[C@H](COC(=O)c2ccc(N=[N+]=[N-])cc2)N(C)C(=O)[C@@H]2CCCN2C(=O)[C@@H](NC(=O)[C@H](Cc2cc(F)cc(F)c2)NC(=O)C=CC2CCCCC2)COC(=O)[C@@H]2CCCN2C1=O. The molecule has 4 fully saturated rings. The topological polar surface area (TPSA) is 250 Å². The molecule has 352 valence electrons. The number of cyclic esters (lactones) is 1. The van der Waals surface area contributed by atoms with Crippen LogP contribution < -0.4 is 16.0 Å². The van der Waals surface area contributed by atoms with Crippen molar-refractivity contribution in [3.63, 3.8) is 0 Å². The lowest BCUT2D eigenvalue weighted by Crippen LogP contribution is -2.61. The van der Waals surface area contributed by atoms with E-state index in [0.29, 0.717) is 18.9 Å². The molecule has 3 heterocycles. The number of hydrogen-bond acceptors (Lipinski definition) is 11. The van der Waals surface area contributed by atoms with E-state index in [2.05, 4.69) is 26.0 Å². The van der Waals surface area contributed by atoms with E-state index in [0.717, 1.165) is 49.1 Å². The standard InChI is InChI=1S/C45H53F2N9O10/c1-26-41(60)56-19-7-11-36(56)45(64)65-24-34(51-39(58)33(22-28-20-30(46)23-31(47)21-28)50-38(57)17-12-27-8-4-3-5-9-27)42(61)55-18-6-10-35(55)43(62)54(2)37(40(59)49-26)25-66-44(63)29-13-15-32(16-14-29)52-53-48/h12-17,20-21,23,26-27,33-37H,3-11,18-19,22,24-25H2,1-2H3,(H,49,59)(H,50,57)(H,51,58)/t26-,33-,34-,35-,36-,37-/m0/s1. The second-order valence-corrected chi connectivity index (χ2v) is 16.9. The number of ether oxygens (including phenoxy) is 2. The Labute approximate surface area is 379 Å². The minimum absolute atomic E-state index is 0.00226.